The predicted molar refractivity (Wildman–Crippen MR) is 81.9 cm³/mol. The van der Waals surface area contributed by atoms with Gasteiger partial charge in [0.15, 0.2) is 0 Å². The molecule has 0 saturated heterocycles. The lowest BCUT2D eigenvalue weighted by atomic mass is 10.1. The van der Waals surface area contributed by atoms with Crippen LogP contribution in [0.1, 0.15) is 30.5 Å². The highest BCUT2D eigenvalue weighted by atomic mass is 28.3. The number of benzene rings is 1. The highest BCUT2D eigenvalue weighted by molar-refractivity contribution is 6.78. The minimum Gasteiger partial charge on any atom is -0.497 e. The zero-order valence-corrected chi connectivity index (χ0v) is 13.4. The van der Waals surface area contributed by atoms with Crippen molar-refractivity contribution in [3.63, 3.8) is 0 Å². The van der Waals surface area contributed by atoms with Crippen LogP contribution < -0.4 is 4.74 Å². The molecule has 0 saturated carbocycles. The van der Waals surface area contributed by atoms with Crippen LogP contribution in [0.25, 0.3) is 0 Å². The number of hydrogen-bond donors (Lipinski definition) is 0. The van der Waals surface area contributed by atoms with E-state index in [1.807, 2.05) is 12.1 Å². The lowest BCUT2D eigenvalue weighted by molar-refractivity contribution is 0.369. The van der Waals surface area contributed by atoms with Crippen LogP contribution in [0.2, 0.25) is 18.6 Å². The highest BCUT2D eigenvalue weighted by Gasteiger charge is 2.26. The van der Waals surface area contributed by atoms with E-state index in [1.54, 1.807) is 0 Å². The third kappa shape index (κ3) is 3.40. The smallest absolute Gasteiger partial charge is 0.124 e. The minimum atomic E-state index is -1.29. The summed E-state index contributed by atoms with van der Waals surface area (Å²) >= 11 is 0. The first-order valence-electron chi connectivity index (χ1n) is 6.48. The topological polar surface area (TPSA) is 9.23 Å². The number of terminal acetylenes is 1. The van der Waals surface area contributed by atoms with Gasteiger partial charge in [0.1, 0.15) is 5.75 Å². The molecule has 1 rings (SSSR count). The normalized spacial score (nSPS) is 11.4. The summed E-state index contributed by atoms with van der Waals surface area (Å²) in [7, 11) is -1.29. The molecule has 0 aliphatic rings. The van der Waals surface area contributed by atoms with Crippen LogP contribution >= 0.6 is 0 Å². The first-order valence-corrected chi connectivity index (χ1v) is 9.77. The number of hydrogen-bond acceptors (Lipinski definition) is 1. The lowest BCUT2D eigenvalue weighted by Gasteiger charge is -2.27. The summed E-state index contributed by atoms with van der Waals surface area (Å²) in [5.41, 5.74) is 3.92. The second-order valence-corrected chi connectivity index (χ2v) is 11.4. The van der Waals surface area contributed by atoms with Crippen molar-refractivity contribution in [1.29, 1.82) is 0 Å². The highest BCUT2D eigenvalue weighted by Crippen LogP contribution is 2.27. The maximum atomic E-state index is 6.09. The van der Waals surface area contributed by atoms with Gasteiger partial charge in [0.05, 0.1) is 14.3 Å². The standard InChI is InChI=1S/C16H24OSi/c1-8-15-9-13(4)16(14(5)10-15)17-11-18(6,7)12(2)3/h1,9-10,12H,11H2,2-7H3. The molecular weight excluding hydrogens is 236 g/mol. The molecule has 18 heavy (non-hydrogen) atoms. The largest absolute Gasteiger partial charge is 0.497 e. The Balaban J connectivity index is 2.90. The van der Waals surface area contributed by atoms with Crippen molar-refractivity contribution < 1.29 is 4.74 Å². The lowest BCUT2D eigenvalue weighted by Crippen LogP contribution is -2.37. The Morgan fingerprint density at radius 1 is 1.22 bits per heavy atom. The molecule has 0 N–H and O–H groups in total. The number of ether oxygens (including phenoxy) is 1. The molecule has 1 aromatic carbocycles. The molecule has 2 heteroatoms. The van der Waals surface area contributed by atoms with E-state index in [0.717, 1.165) is 34.2 Å². The fourth-order valence-electron chi connectivity index (χ4n) is 1.69. The first kappa shape index (κ1) is 14.9. The van der Waals surface area contributed by atoms with E-state index < -0.39 is 8.07 Å². The van der Waals surface area contributed by atoms with Gasteiger partial charge in [-0.2, -0.15) is 0 Å². The predicted octanol–water partition coefficient (Wildman–Crippen LogP) is 4.32. The van der Waals surface area contributed by atoms with E-state index in [-0.39, 0.29) is 0 Å². The Morgan fingerprint density at radius 3 is 2.11 bits per heavy atom. The van der Waals surface area contributed by atoms with Gasteiger partial charge in [0.2, 0.25) is 0 Å². The molecule has 0 radical (unpaired) electrons. The Bertz CT molecular complexity index is 443. The van der Waals surface area contributed by atoms with E-state index in [1.165, 1.54) is 0 Å². The molecule has 1 aromatic rings. The third-order valence-corrected chi connectivity index (χ3v) is 7.79. The summed E-state index contributed by atoms with van der Waals surface area (Å²) in [5.74, 6) is 3.69. The molecule has 98 valence electrons. The molecule has 0 fully saturated rings. The monoisotopic (exact) mass is 260 g/mol. The molecule has 0 aromatic heterocycles. The van der Waals surface area contributed by atoms with Crippen LogP contribution in [-0.2, 0) is 0 Å². The SMILES string of the molecule is C#Cc1cc(C)c(OC[Si](C)(C)C(C)C)c(C)c1. The van der Waals surface area contributed by atoms with Crippen LogP contribution in [-0.4, -0.2) is 14.3 Å². The average molecular weight is 260 g/mol. The van der Waals surface area contributed by atoms with E-state index in [0.29, 0.717) is 0 Å². The third-order valence-electron chi connectivity index (χ3n) is 3.78. The van der Waals surface area contributed by atoms with Crippen LogP contribution in [0.5, 0.6) is 5.75 Å². The van der Waals surface area contributed by atoms with Gasteiger partial charge >= 0.3 is 0 Å². The molecule has 0 heterocycles. The Morgan fingerprint density at radius 2 is 1.72 bits per heavy atom. The van der Waals surface area contributed by atoms with Crippen LogP contribution in [0, 0.1) is 26.2 Å². The van der Waals surface area contributed by atoms with E-state index in [4.69, 9.17) is 11.2 Å². The Hall–Kier alpha value is -1.20. The van der Waals surface area contributed by atoms with Crippen LogP contribution in [0.15, 0.2) is 12.1 Å². The van der Waals surface area contributed by atoms with Crippen molar-refractivity contribution in [1.82, 2.24) is 0 Å². The fourth-order valence-corrected chi connectivity index (χ4v) is 2.54. The summed E-state index contributed by atoms with van der Waals surface area (Å²) in [5, 5.41) is 0. The number of aryl methyl sites for hydroxylation is 2. The van der Waals surface area contributed by atoms with Crippen molar-refractivity contribution in [2.24, 2.45) is 0 Å². The second-order valence-electron chi connectivity index (χ2n) is 6.02. The van der Waals surface area contributed by atoms with Gasteiger partial charge in [-0.25, -0.2) is 0 Å². The summed E-state index contributed by atoms with van der Waals surface area (Å²) in [6.45, 7) is 13.4. The summed E-state index contributed by atoms with van der Waals surface area (Å²) in [6.07, 6.45) is 6.30. The van der Waals surface area contributed by atoms with E-state index in [2.05, 4.69) is 46.7 Å². The van der Waals surface area contributed by atoms with Crippen molar-refractivity contribution >= 4 is 8.07 Å². The fraction of sp³-hybridized carbons (Fsp3) is 0.500. The van der Waals surface area contributed by atoms with Gasteiger partial charge in [-0.3, -0.25) is 0 Å². The molecule has 0 aliphatic heterocycles. The summed E-state index contributed by atoms with van der Waals surface area (Å²) in [6, 6.07) is 4.04. The molecule has 0 atom stereocenters. The first-order chi connectivity index (χ1) is 8.27. The van der Waals surface area contributed by atoms with Gasteiger partial charge in [-0.1, -0.05) is 32.9 Å². The van der Waals surface area contributed by atoms with Crippen LogP contribution in [0.3, 0.4) is 0 Å². The molecule has 0 bridgehead atoms. The van der Waals surface area contributed by atoms with Gasteiger partial charge in [-0.15, -0.1) is 6.42 Å². The molecule has 0 amide bonds. The summed E-state index contributed by atoms with van der Waals surface area (Å²) < 4.78 is 6.09. The molecule has 1 nitrogen and oxygen atoms in total. The maximum Gasteiger partial charge on any atom is 0.124 e. The zero-order valence-electron chi connectivity index (χ0n) is 12.4. The van der Waals surface area contributed by atoms with Crippen molar-refractivity contribution in [3.05, 3.63) is 28.8 Å². The number of rotatable bonds is 4. The molecule has 0 aliphatic carbocycles. The molecule has 0 spiro atoms. The second kappa shape index (κ2) is 5.62. The van der Waals surface area contributed by atoms with Crippen LogP contribution in [0.4, 0.5) is 0 Å². The van der Waals surface area contributed by atoms with Gasteiger partial charge in [0, 0.05) is 5.56 Å². The van der Waals surface area contributed by atoms with E-state index in [9.17, 15) is 0 Å². The maximum absolute atomic E-state index is 6.09. The van der Waals surface area contributed by atoms with Gasteiger partial charge < -0.3 is 4.74 Å². The van der Waals surface area contributed by atoms with Crippen molar-refractivity contribution in [3.8, 4) is 18.1 Å². The Labute approximate surface area is 113 Å². The Kier molecular flexibility index (Phi) is 4.64. The molecule has 0 unspecified atom stereocenters. The average Bonchev–Trinajstić information content (AvgIpc) is 2.27. The minimum absolute atomic E-state index is 0.725. The van der Waals surface area contributed by atoms with Gasteiger partial charge in [-0.05, 0) is 42.6 Å². The van der Waals surface area contributed by atoms with Crippen molar-refractivity contribution in [2.45, 2.75) is 46.3 Å². The molecular formula is C16H24OSi. The summed E-state index contributed by atoms with van der Waals surface area (Å²) in [4.78, 5) is 0. The van der Waals surface area contributed by atoms with Crippen molar-refractivity contribution in [2.75, 3.05) is 6.23 Å². The van der Waals surface area contributed by atoms with Gasteiger partial charge in [0.25, 0.3) is 0 Å². The quantitative estimate of drug-likeness (QED) is 0.578. The van der Waals surface area contributed by atoms with E-state index >= 15 is 0 Å². The zero-order chi connectivity index (χ0) is 13.9.